The minimum Gasteiger partial charge on any atom is -0.330 e. The molecule has 0 bridgehead atoms. The fourth-order valence-electron chi connectivity index (χ4n) is 3.79. The highest BCUT2D eigenvalue weighted by Crippen LogP contribution is 2.22. The molecule has 2 heterocycles. The number of benzene rings is 2. The van der Waals surface area contributed by atoms with E-state index in [1.165, 1.54) is 11.1 Å². The molecule has 0 spiro atoms. The van der Waals surface area contributed by atoms with Gasteiger partial charge in [-0.15, -0.1) is 0 Å². The molecule has 130 valence electrons. The monoisotopic (exact) mass is 334 g/mol. The van der Waals surface area contributed by atoms with Gasteiger partial charge in [0.1, 0.15) is 5.82 Å². The fourth-order valence-corrected chi connectivity index (χ4v) is 3.79. The van der Waals surface area contributed by atoms with E-state index in [1.807, 2.05) is 0 Å². The molecule has 4 heteroatoms. The molecule has 1 fully saturated rings. The van der Waals surface area contributed by atoms with Gasteiger partial charge in [0.2, 0.25) is 0 Å². The molecular weight excluding hydrogens is 308 g/mol. The Bertz CT molecular complexity index is 831. The van der Waals surface area contributed by atoms with Gasteiger partial charge >= 0.3 is 0 Å². The first kappa shape index (κ1) is 16.3. The zero-order valence-corrected chi connectivity index (χ0v) is 15.1. The van der Waals surface area contributed by atoms with Gasteiger partial charge in [-0.05, 0) is 24.6 Å². The van der Waals surface area contributed by atoms with Crippen LogP contribution in [0.25, 0.3) is 11.0 Å². The molecule has 1 unspecified atom stereocenters. The predicted octanol–water partition coefficient (Wildman–Crippen LogP) is 3.45. The van der Waals surface area contributed by atoms with E-state index in [0.717, 1.165) is 44.1 Å². The van der Waals surface area contributed by atoms with Crippen molar-refractivity contribution in [1.29, 1.82) is 0 Å². The van der Waals surface area contributed by atoms with E-state index < -0.39 is 0 Å². The van der Waals surface area contributed by atoms with Crippen LogP contribution in [0.4, 0.5) is 0 Å². The van der Waals surface area contributed by atoms with Crippen molar-refractivity contribution in [3.05, 3.63) is 66.0 Å². The van der Waals surface area contributed by atoms with Crippen LogP contribution in [0.2, 0.25) is 0 Å². The number of fused-ring (bicyclic) bond motifs is 1. The number of para-hydroxylation sites is 2. The predicted molar refractivity (Wildman–Crippen MR) is 102 cm³/mol. The maximum atomic E-state index is 4.82. The first-order chi connectivity index (χ1) is 12.2. The van der Waals surface area contributed by atoms with Gasteiger partial charge in [0, 0.05) is 39.3 Å². The summed E-state index contributed by atoms with van der Waals surface area (Å²) in [4.78, 5) is 9.92. The molecule has 1 aliphatic heterocycles. The van der Waals surface area contributed by atoms with Crippen molar-refractivity contribution in [1.82, 2.24) is 19.4 Å². The smallest absolute Gasteiger partial charge is 0.123 e. The second-order valence-electron chi connectivity index (χ2n) is 6.97. The van der Waals surface area contributed by atoms with E-state index in [4.69, 9.17) is 4.98 Å². The lowest BCUT2D eigenvalue weighted by Gasteiger charge is -2.38. The minimum atomic E-state index is 0.485. The van der Waals surface area contributed by atoms with E-state index in [1.54, 1.807) is 0 Å². The Labute approximate surface area is 149 Å². The van der Waals surface area contributed by atoms with Crippen LogP contribution in [0.15, 0.2) is 54.6 Å². The van der Waals surface area contributed by atoms with Crippen molar-refractivity contribution >= 4 is 11.0 Å². The summed E-state index contributed by atoms with van der Waals surface area (Å²) in [5.74, 6) is 1.16. The van der Waals surface area contributed by atoms with Gasteiger partial charge < -0.3 is 4.57 Å². The SMILES string of the molecule is CC(c1ccccc1)N1CCN(Cc2nc3ccccc3n2C)CC1. The van der Waals surface area contributed by atoms with Crippen LogP contribution < -0.4 is 0 Å². The first-order valence-corrected chi connectivity index (χ1v) is 9.14. The van der Waals surface area contributed by atoms with Gasteiger partial charge in [-0.1, -0.05) is 42.5 Å². The molecule has 3 aromatic rings. The van der Waals surface area contributed by atoms with Crippen LogP contribution in [-0.2, 0) is 13.6 Å². The number of hydrogen-bond donors (Lipinski definition) is 0. The summed E-state index contributed by atoms with van der Waals surface area (Å²) in [6, 6.07) is 19.7. The molecule has 0 aliphatic carbocycles. The van der Waals surface area contributed by atoms with Gasteiger partial charge in [0.05, 0.1) is 17.6 Å². The molecule has 25 heavy (non-hydrogen) atoms. The van der Waals surface area contributed by atoms with Crippen molar-refractivity contribution in [3.63, 3.8) is 0 Å². The summed E-state index contributed by atoms with van der Waals surface area (Å²) in [6.45, 7) is 7.66. The lowest BCUT2D eigenvalue weighted by molar-refractivity contribution is 0.0957. The highest BCUT2D eigenvalue weighted by atomic mass is 15.3. The zero-order chi connectivity index (χ0) is 17.2. The van der Waals surface area contributed by atoms with Crippen LogP contribution in [0.1, 0.15) is 24.4 Å². The number of imidazole rings is 1. The van der Waals surface area contributed by atoms with Gasteiger partial charge in [0.25, 0.3) is 0 Å². The van der Waals surface area contributed by atoms with E-state index in [0.29, 0.717) is 6.04 Å². The topological polar surface area (TPSA) is 24.3 Å². The second kappa shape index (κ2) is 6.98. The Morgan fingerprint density at radius 3 is 2.32 bits per heavy atom. The number of piperazine rings is 1. The minimum absolute atomic E-state index is 0.485. The average Bonchev–Trinajstić information content (AvgIpc) is 2.98. The van der Waals surface area contributed by atoms with E-state index in [9.17, 15) is 0 Å². The molecule has 4 rings (SSSR count). The van der Waals surface area contributed by atoms with Crippen LogP contribution in [0, 0.1) is 0 Å². The molecular formula is C21H26N4. The third kappa shape index (κ3) is 3.32. The number of rotatable bonds is 4. The molecule has 1 aliphatic rings. The van der Waals surface area contributed by atoms with E-state index >= 15 is 0 Å². The summed E-state index contributed by atoms with van der Waals surface area (Å²) in [7, 11) is 2.12. The molecule has 0 amide bonds. The Morgan fingerprint density at radius 2 is 1.60 bits per heavy atom. The third-order valence-corrected chi connectivity index (χ3v) is 5.48. The van der Waals surface area contributed by atoms with Crippen molar-refractivity contribution in [3.8, 4) is 0 Å². The van der Waals surface area contributed by atoms with Crippen LogP contribution in [-0.4, -0.2) is 45.5 Å². The fraction of sp³-hybridized carbons (Fsp3) is 0.381. The molecule has 0 saturated carbocycles. The Hall–Kier alpha value is -2.17. The van der Waals surface area contributed by atoms with Crippen LogP contribution in [0.3, 0.4) is 0 Å². The molecule has 1 atom stereocenters. The molecule has 2 aromatic carbocycles. The Balaban J connectivity index is 1.39. The lowest BCUT2D eigenvalue weighted by Crippen LogP contribution is -2.46. The number of aryl methyl sites for hydroxylation is 1. The molecule has 0 radical (unpaired) electrons. The third-order valence-electron chi connectivity index (χ3n) is 5.48. The summed E-state index contributed by atoms with van der Waals surface area (Å²) in [6.07, 6.45) is 0. The van der Waals surface area contributed by atoms with Gasteiger partial charge in [-0.3, -0.25) is 9.80 Å². The van der Waals surface area contributed by atoms with Gasteiger partial charge in [-0.2, -0.15) is 0 Å². The Morgan fingerprint density at radius 1 is 0.920 bits per heavy atom. The zero-order valence-electron chi connectivity index (χ0n) is 15.1. The highest BCUT2D eigenvalue weighted by Gasteiger charge is 2.23. The van der Waals surface area contributed by atoms with Crippen molar-refractivity contribution in [2.24, 2.45) is 7.05 Å². The maximum Gasteiger partial charge on any atom is 0.123 e. The lowest BCUT2D eigenvalue weighted by atomic mass is 10.1. The van der Waals surface area contributed by atoms with Crippen LogP contribution >= 0.6 is 0 Å². The second-order valence-corrected chi connectivity index (χ2v) is 6.97. The quantitative estimate of drug-likeness (QED) is 0.730. The van der Waals surface area contributed by atoms with Crippen molar-refractivity contribution in [2.45, 2.75) is 19.5 Å². The largest absolute Gasteiger partial charge is 0.330 e. The van der Waals surface area contributed by atoms with Crippen LogP contribution in [0.5, 0.6) is 0 Å². The van der Waals surface area contributed by atoms with Crippen molar-refractivity contribution < 1.29 is 0 Å². The number of aromatic nitrogens is 2. The molecule has 1 saturated heterocycles. The first-order valence-electron chi connectivity index (χ1n) is 9.14. The summed E-state index contributed by atoms with van der Waals surface area (Å²) < 4.78 is 2.23. The standard InChI is InChI=1S/C21H26N4/c1-17(18-8-4-3-5-9-18)25-14-12-24(13-15-25)16-21-22-19-10-6-7-11-20(19)23(21)2/h3-11,17H,12-16H2,1-2H3. The summed E-state index contributed by atoms with van der Waals surface area (Å²) >= 11 is 0. The average molecular weight is 334 g/mol. The van der Waals surface area contributed by atoms with Gasteiger partial charge in [0.15, 0.2) is 0 Å². The summed E-state index contributed by atoms with van der Waals surface area (Å²) in [5, 5.41) is 0. The highest BCUT2D eigenvalue weighted by molar-refractivity contribution is 5.75. The van der Waals surface area contributed by atoms with E-state index in [2.05, 4.69) is 82.9 Å². The van der Waals surface area contributed by atoms with Crippen molar-refractivity contribution in [2.75, 3.05) is 26.2 Å². The van der Waals surface area contributed by atoms with Gasteiger partial charge in [-0.25, -0.2) is 4.98 Å². The summed E-state index contributed by atoms with van der Waals surface area (Å²) in [5.41, 5.74) is 3.72. The maximum absolute atomic E-state index is 4.82. The molecule has 0 N–H and O–H groups in total. The number of nitrogens with zero attached hydrogens (tertiary/aromatic N) is 4. The molecule has 4 nitrogen and oxygen atoms in total. The number of hydrogen-bond acceptors (Lipinski definition) is 3. The molecule has 1 aromatic heterocycles. The normalized spacial score (nSPS) is 17.8. The Kier molecular flexibility index (Phi) is 4.55. The van der Waals surface area contributed by atoms with E-state index in [-0.39, 0.29) is 0 Å².